The van der Waals surface area contributed by atoms with Crippen LogP contribution in [-0.2, 0) is 0 Å². The number of ketones is 1. The van der Waals surface area contributed by atoms with Crippen LogP contribution >= 0.6 is 0 Å². The fourth-order valence-corrected chi connectivity index (χ4v) is 3.15. The Morgan fingerprint density at radius 2 is 2.00 bits per heavy atom. The molecule has 3 heteroatoms. The molecule has 1 fully saturated rings. The standard InChI is InChI=1S/C17H20N2O/c1-13-6-5-7-14(12-13)17(20)16-10-11-18-19(16)15-8-3-2-4-9-15/h2-4,8-11,13-14H,5-7,12H2,1H3. The number of aromatic nitrogens is 2. The van der Waals surface area contributed by atoms with E-state index in [-0.39, 0.29) is 11.7 Å². The number of Topliss-reactive ketones (excluding diaryl/α,β-unsaturated/α-hetero) is 1. The van der Waals surface area contributed by atoms with Crippen LogP contribution < -0.4 is 0 Å². The summed E-state index contributed by atoms with van der Waals surface area (Å²) in [7, 11) is 0. The van der Waals surface area contributed by atoms with Gasteiger partial charge in [0.05, 0.1) is 11.9 Å². The summed E-state index contributed by atoms with van der Waals surface area (Å²) in [4.78, 5) is 12.7. The lowest BCUT2D eigenvalue weighted by atomic mass is 9.79. The quantitative estimate of drug-likeness (QED) is 0.792. The Labute approximate surface area is 119 Å². The summed E-state index contributed by atoms with van der Waals surface area (Å²) < 4.78 is 1.77. The molecule has 1 aromatic heterocycles. The van der Waals surface area contributed by atoms with Crippen molar-refractivity contribution in [1.82, 2.24) is 9.78 Å². The lowest BCUT2D eigenvalue weighted by Crippen LogP contribution is -2.24. The van der Waals surface area contributed by atoms with E-state index < -0.39 is 0 Å². The molecule has 0 radical (unpaired) electrons. The number of rotatable bonds is 3. The first-order valence-electron chi connectivity index (χ1n) is 7.39. The zero-order valence-corrected chi connectivity index (χ0v) is 11.8. The number of benzene rings is 1. The summed E-state index contributed by atoms with van der Waals surface area (Å²) in [5, 5.41) is 4.32. The van der Waals surface area contributed by atoms with Crippen LogP contribution in [0.4, 0.5) is 0 Å². The first kappa shape index (κ1) is 13.1. The molecule has 2 aromatic rings. The van der Waals surface area contributed by atoms with E-state index in [4.69, 9.17) is 0 Å². The molecule has 1 heterocycles. The molecule has 0 spiro atoms. The summed E-state index contributed by atoms with van der Waals surface area (Å²) >= 11 is 0. The van der Waals surface area contributed by atoms with Crippen LogP contribution in [0.1, 0.15) is 43.1 Å². The van der Waals surface area contributed by atoms with Crippen LogP contribution in [0.2, 0.25) is 0 Å². The number of carbonyl (C=O) groups excluding carboxylic acids is 1. The third-order valence-electron chi connectivity index (χ3n) is 4.20. The van der Waals surface area contributed by atoms with Crippen molar-refractivity contribution in [3.05, 3.63) is 48.3 Å². The third kappa shape index (κ3) is 2.53. The SMILES string of the molecule is CC1CCCC(C(=O)c2ccnn2-c2ccccc2)C1. The number of para-hydroxylation sites is 1. The highest BCUT2D eigenvalue weighted by molar-refractivity contribution is 5.96. The maximum atomic E-state index is 12.7. The van der Waals surface area contributed by atoms with Gasteiger partial charge in [-0.3, -0.25) is 4.79 Å². The largest absolute Gasteiger partial charge is 0.292 e. The summed E-state index contributed by atoms with van der Waals surface area (Å²) in [6.07, 6.45) is 6.16. The molecule has 0 aliphatic heterocycles. The Morgan fingerprint density at radius 1 is 1.20 bits per heavy atom. The maximum Gasteiger partial charge on any atom is 0.184 e. The average molecular weight is 268 g/mol. The first-order valence-corrected chi connectivity index (χ1v) is 7.39. The van der Waals surface area contributed by atoms with E-state index in [1.54, 1.807) is 10.9 Å². The van der Waals surface area contributed by atoms with Gasteiger partial charge in [0, 0.05) is 5.92 Å². The summed E-state index contributed by atoms with van der Waals surface area (Å²) in [5.74, 6) is 1.07. The predicted octanol–water partition coefficient (Wildman–Crippen LogP) is 3.88. The Morgan fingerprint density at radius 3 is 2.75 bits per heavy atom. The maximum absolute atomic E-state index is 12.7. The van der Waals surface area contributed by atoms with E-state index in [1.807, 2.05) is 36.4 Å². The molecule has 2 unspecified atom stereocenters. The summed E-state index contributed by atoms with van der Waals surface area (Å²) in [6.45, 7) is 2.24. The topological polar surface area (TPSA) is 34.9 Å². The number of hydrogen-bond acceptors (Lipinski definition) is 2. The van der Waals surface area contributed by atoms with Crippen LogP contribution in [0.15, 0.2) is 42.6 Å². The highest BCUT2D eigenvalue weighted by atomic mass is 16.1. The van der Waals surface area contributed by atoms with Gasteiger partial charge in [-0.15, -0.1) is 0 Å². The lowest BCUT2D eigenvalue weighted by Gasteiger charge is -2.25. The molecule has 1 aliphatic rings. The van der Waals surface area contributed by atoms with Crippen molar-refractivity contribution < 1.29 is 4.79 Å². The zero-order valence-electron chi connectivity index (χ0n) is 11.8. The van der Waals surface area contributed by atoms with Gasteiger partial charge in [-0.2, -0.15) is 5.10 Å². The van der Waals surface area contributed by atoms with E-state index in [2.05, 4.69) is 12.0 Å². The lowest BCUT2D eigenvalue weighted by molar-refractivity contribution is 0.0860. The van der Waals surface area contributed by atoms with E-state index in [1.165, 1.54) is 6.42 Å². The van der Waals surface area contributed by atoms with Crippen molar-refractivity contribution in [3.63, 3.8) is 0 Å². The minimum atomic E-state index is 0.165. The average Bonchev–Trinajstić information content (AvgIpc) is 2.97. The second kappa shape index (κ2) is 5.61. The van der Waals surface area contributed by atoms with Crippen LogP contribution in [0.5, 0.6) is 0 Å². The van der Waals surface area contributed by atoms with Gasteiger partial charge in [-0.1, -0.05) is 38.0 Å². The van der Waals surface area contributed by atoms with Gasteiger partial charge in [0.1, 0.15) is 5.69 Å². The molecule has 0 amide bonds. The van der Waals surface area contributed by atoms with Crippen molar-refractivity contribution in [3.8, 4) is 5.69 Å². The van der Waals surface area contributed by atoms with Gasteiger partial charge < -0.3 is 0 Å². The van der Waals surface area contributed by atoms with E-state index >= 15 is 0 Å². The van der Waals surface area contributed by atoms with Crippen LogP contribution in [0, 0.1) is 11.8 Å². The molecule has 1 aromatic carbocycles. The van der Waals surface area contributed by atoms with E-state index in [0.717, 1.165) is 30.6 Å². The Bertz CT molecular complexity index is 588. The second-order valence-electron chi connectivity index (χ2n) is 5.80. The highest BCUT2D eigenvalue weighted by Gasteiger charge is 2.28. The Balaban J connectivity index is 1.88. The van der Waals surface area contributed by atoms with Crippen molar-refractivity contribution in [2.75, 3.05) is 0 Å². The van der Waals surface area contributed by atoms with Crippen molar-refractivity contribution >= 4 is 5.78 Å². The van der Waals surface area contributed by atoms with Gasteiger partial charge in [0.2, 0.25) is 0 Å². The molecule has 1 saturated carbocycles. The molecule has 3 rings (SSSR count). The molecule has 2 atom stereocenters. The number of carbonyl (C=O) groups is 1. The predicted molar refractivity (Wildman–Crippen MR) is 79.0 cm³/mol. The van der Waals surface area contributed by atoms with Gasteiger partial charge in [0.15, 0.2) is 5.78 Å². The molecule has 0 bridgehead atoms. The Kier molecular flexibility index (Phi) is 3.68. The fourth-order valence-electron chi connectivity index (χ4n) is 3.15. The first-order chi connectivity index (χ1) is 9.75. The summed E-state index contributed by atoms with van der Waals surface area (Å²) in [5.41, 5.74) is 1.67. The van der Waals surface area contributed by atoms with Gasteiger partial charge in [-0.05, 0) is 37.0 Å². The molecule has 20 heavy (non-hydrogen) atoms. The van der Waals surface area contributed by atoms with E-state index in [9.17, 15) is 4.79 Å². The van der Waals surface area contributed by atoms with E-state index in [0.29, 0.717) is 5.92 Å². The number of hydrogen-bond donors (Lipinski definition) is 0. The molecule has 0 N–H and O–H groups in total. The van der Waals surface area contributed by atoms with Gasteiger partial charge >= 0.3 is 0 Å². The molecule has 3 nitrogen and oxygen atoms in total. The molecular weight excluding hydrogens is 248 g/mol. The second-order valence-corrected chi connectivity index (χ2v) is 5.80. The number of nitrogens with zero attached hydrogens (tertiary/aromatic N) is 2. The minimum absolute atomic E-state index is 0.165. The van der Waals surface area contributed by atoms with Crippen LogP contribution in [-0.4, -0.2) is 15.6 Å². The molecular formula is C17H20N2O. The van der Waals surface area contributed by atoms with Crippen LogP contribution in [0.25, 0.3) is 5.69 Å². The van der Waals surface area contributed by atoms with Crippen molar-refractivity contribution in [2.24, 2.45) is 11.8 Å². The normalized spacial score (nSPS) is 22.6. The van der Waals surface area contributed by atoms with Gasteiger partial charge in [0.25, 0.3) is 0 Å². The molecule has 1 aliphatic carbocycles. The van der Waals surface area contributed by atoms with Crippen molar-refractivity contribution in [2.45, 2.75) is 32.6 Å². The molecule has 0 saturated heterocycles. The summed E-state index contributed by atoms with van der Waals surface area (Å²) in [6, 6.07) is 11.7. The smallest absolute Gasteiger partial charge is 0.184 e. The monoisotopic (exact) mass is 268 g/mol. The third-order valence-corrected chi connectivity index (χ3v) is 4.20. The fraction of sp³-hybridized carbons (Fsp3) is 0.412. The van der Waals surface area contributed by atoms with Crippen LogP contribution in [0.3, 0.4) is 0 Å². The molecule has 104 valence electrons. The highest BCUT2D eigenvalue weighted by Crippen LogP contribution is 2.31. The Hall–Kier alpha value is -1.90. The minimum Gasteiger partial charge on any atom is -0.292 e. The zero-order chi connectivity index (χ0) is 13.9. The van der Waals surface area contributed by atoms with Crippen molar-refractivity contribution in [1.29, 1.82) is 0 Å². The van der Waals surface area contributed by atoms with Gasteiger partial charge in [-0.25, -0.2) is 4.68 Å².